The number of fused-ring (bicyclic) bond motifs is 8. The van der Waals surface area contributed by atoms with Crippen LogP contribution in [-0.2, 0) is 15.1 Å². The van der Waals surface area contributed by atoms with Gasteiger partial charge in [-0.25, -0.2) is 0 Å². The molecule has 4 aliphatic heterocycles. The van der Waals surface area contributed by atoms with Crippen LogP contribution in [0.5, 0.6) is 0 Å². The van der Waals surface area contributed by atoms with Crippen LogP contribution in [-0.4, -0.2) is 40.1 Å². The number of nitro benzene ring substituents is 1. The number of anilines is 2. The average Bonchev–Trinajstić information content (AvgIpc) is 3.68. The molecule has 4 heterocycles. The number of hydrogen-bond donors (Lipinski definition) is 2. The highest BCUT2D eigenvalue weighted by Crippen LogP contribution is 2.71. The van der Waals surface area contributed by atoms with Crippen molar-refractivity contribution in [1.29, 1.82) is 0 Å². The number of nitrogens with one attached hydrogen (secondary N) is 2. The smallest absolute Gasteiger partial charge is 0.269 e. The molecule has 0 radical (unpaired) electrons. The van der Waals surface area contributed by atoms with Crippen molar-refractivity contribution in [2.75, 3.05) is 17.2 Å². The first-order chi connectivity index (χ1) is 19.0. The van der Waals surface area contributed by atoms with Crippen LogP contribution in [0.2, 0.25) is 0 Å². The van der Waals surface area contributed by atoms with E-state index in [1.54, 1.807) is 0 Å². The number of para-hydroxylation sites is 2. The number of benzene rings is 3. The van der Waals surface area contributed by atoms with Crippen molar-refractivity contribution >= 4 is 28.8 Å². The Hall–Kier alpha value is -4.04. The second-order valence-corrected chi connectivity index (χ2v) is 11.6. The Morgan fingerprint density at radius 2 is 1.67 bits per heavy atom. The van der Waals surface area contributed by atoms with Gasteiger partial charge in [0.1, 0.15) is 5.54 Å². The molecule has 8 rings (SSSR count). The summed E-state index contributed by atoms with van der Waals surface area (Å²) in [6.45, 7) is 0.729. The first-order valence-electron chi connectivity index (χ1n) is 13.8. The molecule has 39 heavy (non-hydrogen) atoms. The van der Waals surface area contributed by atoms with Crippen molar-refractivity contribution in [1.82, 2.24) is 4.90 Å². The van der Waals surface area contributed by atoms with Crippen molar-refractivity contribution in [3.05, 3.63) is 99.6 Å². The van der Waals surface area contributed by atoms with Gasteiger partial charge in [-0.3, -0.25) is 24.6 Å². The maximum Gasteiger partial charge on any atom is 0.269 e. The summed E-state index contributed by atoms with van der Waals surface area (Å²) in [7, 11) is 0. The lowest BCUT2D eigenvalue weighted by Gasteiger charge is -2.51. The lowest BCUT2D eigenvalue weighted by Crippen LogP contribution is -2.64. The second-order valence-electron chi connectivity index (χ2n) is 11.6. The van der Waals surface area contributed by atoms with Gasteiger partial charge in [-0.1, -0.05) is 48.5 Å². The number of nitrogens with zero attached hydrogens (tertiary/aromatic N) is 2. The average molecular weight is 521 g/mol. The van der Waals surface area contributed by atoms with E-state index in [0.29, 0.717) is 6.42 Å². The second kappa shape index (κ2) is 7.76. The number of carbonyl (C=O) groups excluding carboxylic acids is 2. The summed E-state index contributed by atoms with van der Waals surface area (Å²) in [6.07, 6.45) is 3.15. The number of rotatable bonds is 2. The highest BCUT2D eigenvalue weighted by molar-refractivity contribution is 6.13. The van der Waals surface area contributed by atoms with Crippen LogP contribution >= 0.6 is 0 Å². The van der Waals surface area contributed by atoms with Crippen molar-refractivity contribution in [2.24, 2.45) is 5.41 Å². The van der Waals surface area contributed by atoms with Gasteiger partial charge < -0.3 is 10.6 Å². The van der Waals surface area contributed by atoms with Gasteiger partial charge in [0.25, 0.3) is 11.6 Å². The summed E-state index contributed by atoms with van der Waals surface area (Å²) < 4.78 is 0. The molecule has 8 heteroatoms. The quantitative estimate of drug-likeness (QED) is 0.367. The zero-order valence-electron chi connectivity index (χ0n) is 21.3. The zero-order valence-corrected chi connectivity index (χ0v) is 21.3. The minimum absolute atomic E-state index is 0.0207. The predicted molar refractivity (Wildman–Crippen MR) is 146 cm³/mol. The Kier molecular flexibility index (Phi) is 4.56. The molecule has 196 valence electrons. The fraction of sp³-hybridized carbons (Fsp3) is 0.355. The molecule has 1 amide bonds. The molecule has 2 saturated heterocycles. The topological polar surface area (TPSA) is 105 Å². The van der Waals surface area contributed by atoms with E-state index in [1.165, 1.54) is 17.7 Å². The van der Waals surface area contributed by atoms with E-state index >= 15 is 4.79 Å². The van der Waals surface area contributed by atoms with Gasteiger partial charge in [0.05, 0.1) is 16.4 Å². The Labute approximate surface area is 225 Å². The molecule has 2 spiro atoms. The van der Waals surface area contributed by atoms with Crippen LogP contribution in [0.25, 0.3) is 0 Å². The maximum atomic E-state index is 15.2. The Morgan fingerprint density at radius 1 is 0.923 bits per heavy atom. The Morgan fingerprint density at radius 3 is 2.46 bits per heavy atom. The van der Waals surface area contributed by atoms with Crippen molar-refractivity contribution < 1.29 is 14.5 Å². The van der Waals surface area contributed by atoms with E-state index in [1.807, 2.05) is 54.6 Å². The third-order valence-electron chi connectivity index (χ3n) is 10.3. The van der Waals surface area contributed by atoms with Crippen molar-refractivity contribution in [3.63, 3.8) is 0 Å². The molecular weight excluding hydrogens is 492 g/mol. The number of carbonyl (C=O) groups is 2. The molecule has 6 atom stereocenters. The number of nitro groups is 1. The van der Waals surface area contributed by atoms with Gasteiger partial charge in [-0.05, 0) is 55.5 Å². The van der Waals surface area contributed by atoms with E-state index in [0.717, 1.165) is 48.3 Å². The van der Waals surface area contributed by atoms with Crippen molar-refractivity contribution in [2.45, 2.75) is 55.1 Å². The number of non-ortho nitro benzene ring substituents is 1. The summed E-state index contributed by atoms with van der Waals surface area (Å²) in [5, 5.41) is 18.2. The number of Topliss-reactive ketones (excluding diaryl/α,β-unsaturated/α-hetero) is 1. The van der Waals surface area contributed by atoms with Crippen LogP contribution in [0.1, 0.15) is 54.2 Å². The first-order valence-corrected chi connectivity index (χ1v) is 13.8. The van der Waals surface area contributed by atoms with Crippen LogP contribution < -0.4 is 10.6 Å². The Balaban J connectivity index is 1.38. The normalized spacial score (nSPS) is 33.9. The Bertz CT molecular complexity index is 1570. The van der Waals surface area contributed by atoms with E-state index in [4.69, 9.17) is 0 Å². The monoisotopic (exact) mass is 520 g/mol. The molecular formula is C31H28N4O4. The number of ketones is 1. The minimum atomic E-state index is -1.13. The summed E-state index contributed by atoms with van der Waals surface area (Å²) in [5.74, 6) is -0.248. The summed E-state index contributed by atoms with van der Waals surface area (Å²) in [6, 6.07) is 22.2. The fourth-order valence-electron chi connectivity index (χ4n) is 9.07. The van der Waals surface area contributed by atoms with E-state index in [2.05, 4.69) is 21.6 Å². The summed E-state index contributed by atoms with van der Waals surface area (Å²) >= 11 is 0. The maximum absolute atomic E-state index is 15.2. The molecule has 0 aromatic heterocycles. The molecule has 3 aromatic rings. The van der Waals surface area contributed by atoms with Crippen LogP contribution in [0.4, 0.5) is 17.1 Å². The van der Waals surface area contributed by atoms with Crippen molar-refractivity contribution in [3.8, 4) is 0 Å². The molecule has 1 saturated carbocycles. The standard InChI is InChI=1S/C31H28N4O4/c36-28-27-21(20-6-1-3-8-23(20)32-27)15-16-30(28)26(18-11-13-19(14-12-18)35(38)39)25-10-5-17-34(25)31(30)22-7-2-4-9-24(22)33-29(31)37/h1-4,6-9,11-14,21,25-27,32H,5,10,15-17H2,(H,33,37)/t21?,25?,26-,27?,30+,31-/m0/s1. The largest absolute Gasteiger partial charge is 0.374 e. The molecule has 3 fully saturated rings. The molecule has 3 aromatic carbocycles. The van der Waals surface area contributed by atoms with E-state index in [9.17, 15) is 14.9 Å². The van der Waals surface area contributed by atoms with E-state index < -0.39 is 21.9 Å². The molecule has 0 bridgehead atoms. The summed E-state index contributed by atoms with van der Waals surface area (Å²) in [5.41, 5.74) is 2.58. The summed E-state index contributed by atoms with van der Waals surface area (Å²) in [4.78, 5) is 43.0. The van der Waals surface area contributed by atoms with Gasteiger partial charge in [0.15, 0.2) is 5.78 Å². The highest BCUT2D eigenvalue weighted by atomic mass is 16.6. The van der Waals surface area contributed by atoms with Crippen LogP contribution in [0.15, 0.2) is 72.8 Å². The molecule has 8 nitrogen and oxygen atoms in total. The third kappa shape index (κ3) is 2.62. The third-order valence-corrected chi connectivity index (χ3v) is 10.3. The predicted octanol–water partition coefficient (Wildman–Crippen LogP) is 4.93. The van der Waals surface area contributed by atoms with Gasteiger partial charge in [-0.15, -0.1) is 0 Å². The van der Waals surface area contributed by atoms with Gasteiger partial charge in [-0.2, -0.15) is 0 Å². The highest BCUT2D eigenvalue weighted by Gasteiger charge is 2.78. The van der Waals surface area contributed by atoms with Gasteiger partial charge in [0.2, 0.25) is 0 Å². The van der Waals surface area contributed by atoms with Crippen LogP contribution in [0, 0.1) is 15.5 Å². The zero-order chi connectivity index (χ0) is 26.5. The molecule has 5 aliphatic rings. The van der Waals surface area contributed by atoms with E-state index in [-0.39, 0.29) is 35.3 Å². The lowest BCUT2D eigenvalue weighted by atomic mass is 9.51. The lowest BCUT2D eigenvalue weighted by molar-refractivity contribution is -0.384. The number of hydrogen-bond acceptors (Lipinski definition) is 6. The van der Waals surface area contributed by atoms with Gasteiger partial charge in [0, 0.05) is 46.9 Å². The first kappa shape index (κ1) is 22.9. The molecule has 3 unspecified atom stereocenters. The molecule has 1 aliphatic carbocycles. The minimum Gasteiger partial charge on any atom is -0.374 e. The fourth-order valence-corrected chi connectivity index (χ4v) is 9.07. The molecule has 2 N–H and O–H groups in total. The number of amides is 1. The van der Waals surface area contributed by atoms with Gasteiger partial charge >= 0.3 is 0 Å². The van der Waals surface area contributed by atoms with Crippen LogP contribution in [0.3, 0.4) is 0 Å². The SMILES string of the molecule is O=C1C2Nc3ccccc3C2CC[C@@]12[C@@H](c1ccc([N+](=O)[O-])cc1)C1CCCN1[C@@]21C(=O)Nc2ccccc21.